The first-order chi connectivity index (χ1) is 10.0. The van der Waals surface area contributed by atoms with Crippen LogP contribution in [-0.4, -0.2) is 22.7 Å². The van der Waals surface area contributed by atoms with Crippen LogP contribution in [0.15, 0.2) is 6.07 Å². The summed E-state index contributed by atoms with van der Waals surface area (Å²) in [5.41, 5.74) is 0.0651. The molecular weight excluding hydrogens is 313 g/mol. The Hall–Kier alpha value is -1.51. The fourth-order valence-electron chi connectivity index (χ4n) is 2.46. The molecule has 2 rings (SSSR count). The maximum Gasteiger partial charge on any atom is 0.245 e. The molecule has 1 aromatic rings. The number of carbonyl (C=O) groups excluding carboxylic acids is 2. The number of nitrogens with one attached hydrogen (secondary N) is 2. The summed E-state index contributed by atoms with van der Waals surface area (Å²) < 4.78 is 0. The van der Waals surface area contributed by atoms with Crippen LogP contribution in [-0.2, 0) is 4.79 Å². The van der Waals surface area contributed by atoms with Gasteiger partial charge in [0.15, 0.2) is 5.92 Å². The van der Waals surface area contributed by atoms with Crippen molar-refractivity contribution in [2.45, 2.75) is 38.1 Å². The van der Waals surface area contributed by atoms with Gasteiger partial charge in [-0.2, -0.15) is 5.26 Å². The van der Waals surface area contributed by atoms with Gasteiger partial charge in [0.05, 0.1) is 16.8 Å². The lowest BCUT2D eigenvalue weighted by Gasteiger charge is -2.23. The molecule has 0 radical (unpaired) electrons. The second kappa shape index (κ2) is 6.97. The number of hydrogen-bond acceptors (Lipinski definition) is 3. The minimum Gasteiger partial charge on any atom is -0.352 e. The molecule has 0 bridgehead atoms. The van der Waals surface area contributed by atoms with E-state index in [1.807, 2.05) is 0 Å². The number of nitriles is 1. The Morgan fingerprint density at radius 3 is 2.52 bits per heavy atom. The predicted octanol–water partition coefficient (Wildman–Crippen LogP) is 3.09. The lowest BCUT2D eigenvalue weighted by Crippen LogP contribution is -2.42. The van der Waals surface area contributed by atoms with Gasteiger partial charge in [0.1, 0.15) is 5.15 Å². The lowest BCUT2D eigenvalue weighted by atomic mass is 9.94. The standard InChI is InChI=1S/C14H15Cl2N3O2/c15-10-6-11(19-13(10)16)12(20)9(7-17)14(21)18-8-4-2-1-3-5-8/h6,8-9,19H,1-5H2,(H,18,21). The van der Waals surface area contributed by atoms with E-state index in [1.165, 1.54) is 6.07 Å². The van der Waals surface area contributed by atoms with E-state index in [9.17, 15) is 9.59 Å². The van der Waals surface area contributed by atoms with Crippen LogP contribution in [0.25, 0.3) is 0 Å². The van der Waals surface area contributed by atoms with E-state index in [1.54, 1.807) is 6.07 Å². The zero-order valence-corrected chi connectivity index (χ0v) is 12.8. The highest BCUT2D eigenvalue weighted by atomic mass is 35.5. The van der Waals surface area contributed by atoms with Crippen LogP contribution >= 0.6 is 23.2 Å². The van der Waals surface area contributed by atoms with Crippen LogP contribution in [0.3, 0.4) is 0 Å². The minimum absolute atomic E-state index is 0.0470. The van der Waals surface area contributed by atoms with Gasteiger partial charge >= 0.3 is 0 Å². The number of aromatic amines is 1. The van der Waals surface area contributed by atoms with Gasteiger partial charge in [0.25, 0.3) is 0 Å². The lowest BCUT2D eigenvalue weighted by molar-refractivity contribution is -0.123. The average Bonchev–Trinajstić information content (AvgIpc) is 2.80. The molecule has 1 aromatic heterocycles. The van der Waals surface area contributed by atoms with Crippen LogP contribution < -0.4 is 5.32 Å². The van der Waals surface area contributed by atoms with Gasteiger partial charge < -0.3 is 10.3 Å². The molecule has 112 valence electrons. The normalized spacial score (nSPS) is 17.0. The van der Waals surface area contributed by atoms with Crippen molar-refractivity contribution in [1.29, 1.82) is 5.26 Å². The van der Waals surface area contributed by atoms with E-state index in [0.717, 1.165) is 32.1 Å². The van der Waals surface area contributed by atoms with Crippen LogP contribution in [0, 0.1) is 17.2 Å². The van der Waals surface area contributed by atoms with E-state index in [2.05, 4.69) is 10.3 Å². The van der Waals surface area contributed by atoms with Gasteiger partial charge in [-0.15, -0.1) is 0 Å². The van der Waals surface area contributed by atoms with Crippen LogP contribution in [0.5, 0.6) is 0 Å². The Kier molecular flexibility index (Phi) is 5.27. The van der Waals surface area contributed by atoms with Crippen molar-refractivity contribution in [3.05, 3.63) is 21.9 Å². The molecule has 0 aromatic carbocycles. The number of carbonyl (C=O) groups is 2. The Morgan fingerprint density at radius 1 is 1.33 bits per heavy atom. The molecule has 1 aliphatic rings. The molecule has 1 atom stereocenters. The van der Waals surface area contributed by atoms with Crippen molar-refractivity contribution >= 4 is 34.9 Å². The number of rotatable bonds is 4. The van der Waals surface area contributed by atoms with Crippen LogP contribution in [0.4, 0.5) is 0 Å². The number of halogens is 2. The number of H-pyrrole nitrogens is 1. The van der Waals surface area contributed by atoms with Crippen molar-refractivity contribution in [2.24, 2.45) is 5.92 Å². The molecule has 1 aliphatic carbocycles. The Balaban J connectivity index is 2.06. The average molecular weight is 328 g/mol. The summed E-state index contributed by atoms with van der Waals surface area (Å²) in [5, 5.41) is 12.2. The summed E-state index contributed by atoms with van der Waals surface area (Å²) in [7, 11) is 0. The monoisotopic (exact) mass is 327 g/mol. The van der Waals surface area contributed by atoms with Crippen molar-refractivity contribution in [3.63, 3.8) is 0 Å². The smallest absolute Gasteiger partial charge is 0.245 e. The third-order valence-corrected chi connectivity index (χ3v) is 4.29. The van der Waals surface area contributed by atoms with Gasteiger partial charge in [0.2, 0.25) is 11.7 Å². The number of ketones is 1. The SMILES string of the molecule is N#CC(C(=O)NC1CCCCC1)C(=O)c1cc(Cl)c(Cl)[nH]1. The van der Waals surface area contributed by atoms with E-state index in [0.29, 0.717) is 0 Å². The molecule has 21 heavy (non-hydrogen) atoms. The highest BCUT2D eigenvalue weighted by Crippen LogP contribution is 2.24. The zero-order chi connectivity index (χ0) is 15.4. The third-order valence-electron chi connectivity index (χ3n) is 3.60. The van der Waals surface area contributed by atoms with Crippen LogP contribution in [0.1, 0.15) is 42.6 Å². The Labute approximate surface area is 132 Å². The first-order valence-electron chi connectivity index (χ1n) is 6.81. The van der Waals surface area contributed by atoms with Crippen molar-refractivity contribution in [3.8, 4) is 6.07 Å². The molecule has 1 fully saturated rings. The summed E-state index contributed by atoms with van der Waals surface area (Å²) in [6.45, 7) is 0. The van der Waals surface area contributed by atoms with E-state index < -0.39 is 17.6 Å². The largest absolute Gasteiger partial charge is 0.352 e. The Bertz CT molecular complexity index is 566. The van der Waals surface area contributed by atoms with E-state index in [4.69, 9.17) is 28.5 Å². The first-order valence-corrected chi connectivity index (χ1v) is 7.56. The summed E-state index contributed by atoms with van der Waals surface area (Å²) in [5.74, 6) is -2.58. The number of Topliss-reactive ketones (excluding diaryl/α,β-unsaturated/α-hetero) is 1. The van der Waals surface area contributed by atoms with Crippen molar-refractivity contribution in [1.82, 2.24) is 10.3 Å². The van der Waals surface area contributed by atoms with Crippen molar-refractivity contribution < 1.29 is 9.59 Å². The molecule has 1 heterocycles. The Morgan fingerprint density at radius 2 is 2.00 bits per heavy atom. The quantitative estimate of drug-likeness (QED) is 0.658. The fraction of sp³-hybridized carbons (Fsp3) is 0.500. The van der Waals surface area contributed by atoms with Gasteiger partial charge in [-0.3, -0.25) is 9.59 Å². The molecule has 5 nitrogen and oxygen atoms in total. The number of nitrogens with zero attached hydrogens (tertiary/aromatic N) is 1. The predicted molar refractivity (Wildman–Crippen MR) is 79.3 cm³/mol. The molecule has 0 aliphatic heterocycles. The number of aromatic nitrogens is 1. The minimum atomic E-state index is -1.39. The van der Waals surface area contributed by atoms with Gasteiger partial charge in [-0.1, -0.05) is 42.5 Å². The molecule has 1 amide bonds. The van der Waals surface area contributed by atoms with Crippen LogP contribution in [0.2, 0.25) is 10.2 Å². The highest BCUT2D eigenvalue weighted by molar-refractivity contribution is 6.41. The van der Waals surface area contributed by atoms with E-state index in [-0.39, 0.29) is 21.9 Å². The summed E-state index contributed by atoms with van der Waals surface area (Å²) in [6.07, 6.45) is 5.04. The second-order valence-electron chi connectivity index (χ2n) is 5.11. The summed E-state index contributed by atoms with van der Waals surface area (Å²) in [6, 6.07) is 3.12. The first kappa shape index (κ1) is 15.9. The van der Waals surface area contributed by atoms with Crippen molar-refractivity contribution in [2.75, 3.05) is 0 Å². The topological polar surface area (TPSA) is 85.8 Å². The second-order valence-corrected chi connectivity index (χ2v) is 5.90. The zero-order valence-electron chi connectivity index (χ0n) is 11.3. The van der Waals surface area contributed by atoms with Gasteiger partial charge in [-0.25, -0.2) is 0 Å². The molecule has 1 saturated carbocycles. The number of hydrogen-bond donors (Lipinski definition) is 2. The summed E-state index contributed by atoms with van der Waals surface area (Å²) >= 11 is 11.5. The third kappa shape index (κ3) is 3.78. The molecular formula is C14H15Cl2N3O2. The molecule has 0 spiro atoms. The molecule has 1 unspecified atom stereocenters. The number of amides is 1. The maximum atomic E-state index is 12.2. The van der Waals surface area contributed by atoms with E-state index >= 15 is 0 Å². The highest BCUT2D eigenvalue weighted by Gasteiger charge is 2.30. The molecule has 0 saturated heterocycles. The van der Waals surface area contributed by atoms with Gasteiger partial charge in [-0.05, 0) is 18.9 Å². The van der Waals surface area contributed by atoms with Gasteiger partial charge in [0, 0.05) is 6.04 Å². The molecule has 7 heteroatoms. The molecule has 2 N–H and O–H groups in total. The maximum absolute atomic E-state index is 12.2. The summed E-state index contributed by atoms with van der Waals surface area (Å²) in [4.78, 5) is 26.9. The fourth-order valence-corrected chi connectivity index (χ4v) is 2.77.